The molecule has 2 rings (SSSR count). The molecule has 0 unspecified atom stereocenters. The van der Waals surface area contributed by atoms with E-state index in [0.29, 0.717) is 22.5 Å². The summed E-state index contributed by atoms with van der Waals surface area (Å²) in [5.74, 6) is -0.784. The van der Waals surface area contributed by atoms with E-state index >= 15 is 0 Å². The van der Waals surface area contributed by atoms with Gasteiger partial charge in [0.05, 0.1) is 11.3 Å². The van der Waals surface area contributed by atoms with Gasteiger partial charge < -0.3 is 16.5 Å². The number of carbonyl (C=O) groups excluding carboxylic acids is 2. The zero-order valence-electron chi connectivity index (χ0n) is 11.8. The minimum Gasteiger partial charge on any atom is -0.365 e. The zero-order valence-corrected chi connectivity index (χ0v) is 11.8. The summed E-state index contributed by atoms with van der Waals surface area (Å²) in [5.41, 5.74) is 10.2. The van der Waals surface area contributed by atoms with Crippen molar-refractivity contribution in [2.45, 2.75) is 6.92 Å². The van der Waals surface area contributed by atoms with Gasteiger partial charge in [-0.1, -0.05) is 0 Å². The van der Waals surface area contributed by atoms with Gasteiger partial charge >= 0.3 is 0 Å². The summed E-state index contributed by atoms with van der Waals surface area (Å²) in [6.07, 6.45) is 3.22. The highest BCUT2D eigenvalue weighted by molar-refractivity contribution is 6.00. The monoisotopic (exact) mass is 288 g/mol. The Bertz CT molecular complexity index is 665. The van der Waals surface area contributed by atoms with E-state index in [0.717, 1.165) is 0 Å². The molecule has 21 heavy (non-hydrogen) atoms. The van der Waals surface area contributed by atoms with Crippen LogP contribution in [0.25, 0.3) is 11.3 Å². The van der Waals surface area contributed by atoms with Crippen molar-refractivity contribution in [2.75, 3.05) is 19.0 Å². The number of carbonyl (C=O) groups is 2. The summed E-state index contributed by atoms with van der Waals surface area (Å²) >= 11 is 0. The molecular weight excluding hydrogens is 272 g/mol. The molecule has 0 bridgehead atoms. The second-order valence-corrected chi connectivity index (χ2v) is 4.33. The minimum absolute atomic E-state index is 0.0314. The molecule has 8 heteroatoms. The molecule has 0 aromatic carbocycles. The Morgan fingerprint density at radius 2 is 2.19 bits per heavy atom. The van der Waals surface area contributed by atoms with Gasteiger partial charge in [-0.3, -0.25) is 14.6 Å². The van der Waals surface area contributed by atoms with Gasteiger partial charge in [-0.15, -0.1) is 0 Å². The first-order chi connectivity index (χ1) is 10.0. The molecule has 8 nitrogen and oxygen atoms in total. The first-order valence-corrected chi connectivity index (χ1v) is 6.29. The number of nitrogens with two attached hydrogens (primary N) is 1. The highest BCUT2D eigenvalue weighted by atomic mass is 16.2. The van der Waals surface area contributed by atoms with Gasteiger partial charge in [0.2, 0.25) is 5.91 Å². The van der Waals surface area contributed by atoms with Crippen molar-refractivity contribution >= 4 is 11.8 Å². The molecule has 2 aromatic heterocycles. The summed E-state index contributed by atoms with van der Waals surface area (Å²) in [5, 5.41) is 6.78. The SMILES string of the molecule is CNC(=O)CNn1nc(-c2cccnc2)c(C(N)=O)c1C. The van der Waals surface area contributed by atoms with Gasteiger partial charge in [0.1, 0.15) is 12.2 Å². The molecule has 0 atom stereocenters. The highest BCUT2D eigenvalue weighted by Gasteiger charge is 2.20. The van der Waals surface area contributed by atoms with Gasteiger partial charge in [0, 0.05) is 25.0 Å². The molecule has 0 fully saturated rings. The van der Waals surface area contributed by atoms with Crippen molar-refractivity contribution in [2.24, 2.45) is 5.73 Å². The van der Waals surface area contributed by atoms with Crippen LogP contribution in [0, 0.1) is 6.92 Å². The van der Waals surface area contributed by atoms with Crippen LogP contribution >= 0.6 is 0 Å². The fraction of sp³-hybridized carbons (Fsp3) is 0.231. The number of aromatic nitrogens is 3. The van der Waals surface area contributed by atoms with Crippen molar-refractivity contribution < 1.29 is 9.59 Å². The molecule has 0 radical (unpaired) electrons. The molecule has 2 amide bonds. The number of nitrogens with zero attached hydrogens (tertiary/aromatic N) is 3. The number of primary amides is 1. The minimum atomic E-state index is -0.584. The van der Waals surface area contributed by atoms with Crippen LogP contribution in [0.1, 0.15) is 16.1 Å². The average Bonchev–Trinajstić information content (AvgIpc) is 2.82. The molecule has 4 N–H and O–H groups in total. The maximum absolute atomic E-state index is 11.7. The molecule has 2 aromatic rings. The van der Waals surface area contributed by atoms with E-state index in [-0.39, 0.29) is 12.5 Å². The second-order valence-electron chi connectivity index (χ2n) is 4.33. The quantitative estimate of drug-likeness (QED) is 0.695. The molecule has 110 valence electrons. The number of hydrogen-bond donors (Lipinski definition) is 3. The van der Waals surface area contributed by atoms with Gasteiger partial charge in [-0.05, 0) is 19.1 Å². The lowest BCUT2D eigenvalue weighted by atomic mass is 10.1. The molecular formula is C13H16N6O2. The lowest BCUT2D eigenvalue weighted by molar-refractivity contribution is -0.119. The molecule has 0 saturated heterocycles. The Hall–Kier alpha value is -2.90. The number of amides is 2. The van der Waals surface area contributed by atoms with E-state index in [1.165, 1.54) is 11.8 Å². The Balaban J connectivity index is 2.41. The molecule has 0 saturated carbocycles. The standard InChI is InChI=1S/C13H16N6O2/c1-8-11(13(14)21)12(9-4-3-5-16-6-9)18-19(8)17-7-10(20)15-2/h3-6,17H,7H2,1-2H3,(H2,14,21)(H,15,20). The van der Waals surface area contributed by atoms with E-state index in [1.54, 1.807) is 31.5 Å². The topological polar surface area (TPSA) is 115 Å². The summed E-state index contributed by atoms with van der Waals surface area (Å²) in [6, 6.07) is 3.52. The van der Waals surface area contributed by atoms with Gasteiger partial charge in [-0.2, -0.15) is 9.89 Å². The van der Waals surface area contributed by atoms with Crippen molar-refractivity contribution in [3.05, 3.63) is 35.8 Å². The zero-order chi connectivity index (χ0) is 15.4. The highest BCUT2D eigenvalue weighted by Crippen LogP contribution is 2.23. The first kappa shape index (κ1) is 14.5. The third-order valence-electron chi connectivity index (χ3n) is 2.97. The summed E-state index contributed by atoms with van der Waals surface area (Å²) in [4.78, 5) is 28.3. The third-order valence-corrected chi connectivity index (χ3v) is 2.97. The predicted molar refractivity (Wildman–Crippen MR) is 77.0 cm³/mol. The van der Waals surface area contributed by atoms with Crippen LogP contribution in [0.2, 0.25) is 0 Å². The number of pyridine rings is 1. The average molecular weight is 288 g/mol. The maximum atomic E-state index is 11.7. The summed E-state index contributed by atoms with van der Waals surface area (Å²) in [6.45, 7) is 1.73. The normalized spacial score (nSPS) is 10.2. The van der Waals surface area contributed by atoms with Gasteiger partial charge in [-0.25, -0.2) is 0 Å². The van der Waals surface area contributed by atoms with Crippen LogP contribution in [0.4, 0.5) is 0 Å². The second kappa shape index (κ2) is 6.04. The molecule has 0 aliphatic heterocycles. The van der Waals surface area contributed by atoms with Gasteiger partial charge in [0.25, 0.3) is 5.91 Å². The Morgan fingerprint density at radius 3 is 2.76 bits per heavy atom. The van der Waals surface area contributed by atoms with Crippen LogP contribution < -0.4 is 16.5 Å². The van der Waals surface area contributed by atoms with Crippen molar-refractivity contribution in [1.82, 2.24) is 20.2 Å². The lowest BCUT2D eigenvalue weighted by Gasteiger charge is -2.06. The number of nitrogens with one attached hydrogen (secondary N) is 2. The van der Waals surface area contributed by atoms with E-state index in [1.807, 2.05) is 0 Å². The van der Waals surface area contributed by atoms with Crippen LogP contribution in [0.15, 0.2) is 24.5 Å². The van der Waals surface area contributed by atoms with Crippen molar-refractivity contribution in [3.63, 3.8) is 0 Å². The summed E-state index contributed by atoms with van der Waals surface area (Å²) in [7, 11) is 1.54. The Labute approximate surface area is 121 Å². The largest absolute Gasteiger partial charge is 0.365 e. The molecule has 0 spiro atoms. The van der Waals surface area contributed by atoms with Crippen LogP contribution in [0.5, 0.6) is 0 Å². The van der Waals surface area contributed by atoms with Crippen molar-refractivity contribution in [1.29, 1.82) is 0 Å². The molecule has 0 aliphatic carbocycles. The Morgan fingerprint density at radius 1 is 1.43 bits per heavy atom. The van der Waals surface area contributed by atoms with Crippen LogP contribution in [-0.2, 0) is 4.79 Å². The Kier molecular flexibility index (Phi) is 4.17. The number of hydrogen-bond acceptors (Lipinski definition) is 5. The van der Waals surface area contributed by atoms with Crippen molar-refractivity contribution in [3.8, 4) is 11.3 Å². The van der Waals surface area contributed by atoms with Crippen LogP contribution in [0.3, 0.4) is 0 Å². The van der Waals surface area contributed by atoms with Gasteiger partial charge in [0.15, 0.2) is 0 Å². The number of likely N-dealkylation sites (N-methyl/N-ethyl adjacent to an activating group) is 1. The van der Waals surface area contributed by atoms with E-state index in [2.05, 4.69) is 20.8 Å². The first-order valence-electron chi connectivity index (χ1n) is 6.29. The lowest BCUT2D eigenvalue weighted by Crippen LogP contribution is -2.31. The van der Waals surface area contributed by atoms with E-state index in [9.17, 15) is 9.59 Å². The van der Waals surface area contributed by atoms with E-state index in [4.69, 9.17) is 5.73 Å². The molecule has 0 aliphatic rings. The smallest absolute Gasteiger partial charge is 0.252 e. The summed E-state index contributed by atoms with van der Waals surface area (Å²) < 4.78 is 0. The fourth-order valence-corrected chi connectivity index (χ4v) is 1.89. The predicted octanol–water partition coefficient (Wildman–Crippen LogP) is -0.358. The van der Waals surface area contributed by atoms with E-state index < -0.39 is 5.91 Å². The third kappa shape index (κ3) is 2.99. The maximum Gasteiger partial charge on any atom is 0.252 e. The van der Waals surface area contributed by atoms with Crippen LogP contribution in [-0.4, -0.2) is 40.3 Å². The number of rotatable bonds is 5. The fourth-order valence-electron chi connectivity index (χ4n) is 1.89. The molecule has 2 heterocycles.